The van der Waals surface area contributed by atoms with E-state index in [1.165, 1.54) is 0 Å². The van der Waals surface area contributed by atoms with Crippen LogP contribution < -0.4 is 22.1 Å². The summed E-state index contributed by atoms with van der Waals surface area (Å²) in [4.78, 5) is 22.6. The van der Waals surface area contributed by atoms with Crippen LogP contribution in [0.3, 0.4) is 0 Å². The molecule has 0 aliphatic heterocycles. The van der Waals surface area contributed by atoms with Crippen molar-refractivity contribution < 1.29 is 9.59 Å². The Kier molecular flexibility index (Phi) is 11.5. The van der Waals surface area contributed by atoms with Gasteiger partial charge in [0.15, 0.2) is 0 Å². The van der Waals surface area contributed by atoms with E-state index in [1.807, 2.05) is 0 Å². The van der Waals surface area contributed by atoms with Crippen molar-refractivity contribution in [2.75, 3.05) is 26.2 Å². The largest absolute Gasteiger partial charge is 0.348 e. The number of nitrogens with one attached hydrogen (secondary N) is 2. The molecule has 0 aromatic carbocycles. The number of carbonyl (C=O) groups excluding carboxylic acids is 2. The molecule has 0 aliphatic rings. The predicted octanol–water partition coefficient (Wildman–Crippen LogP) is -0.523. The lowest BCUT2D eigenvalue weighted by molar-refractivity contribution is -0.139. The lowest BCUT2D eigenvalue weighted by Gasteiger charge is -2.06. The van der Waals surface area contributed by atoms with Gasteiger partial charge in [0, 0.05) is 13.1 Å². The number of carbonyl (C=O) groups is 2. The highest BCUT2D eigenvalue weighted by molar-refractivity contribution is 6.35. The summed E-state index contributed by atoms with van der Waals surface area (Å²) in [5.41, 5.74) is 10.7. The minimum Gasteiger partial charge on any atom is -0.348 e. The lowest BCUT2D eigenvalue weighted by Crippen LogP contribution is -2.40. The van der Waals surface area contributed by atoms with Crippen LogP contribution in [-0.4, -0.2) is 38.0 Å². The fraction of sp³-hybridized carbons (Fsp3) is 0.833. The molecule has 0 heterocycles. The summed E-state index contributed by atoms with van der Waals surface area (Å²) >= 11 is 0. The standard InChI is InChI=1S/C12H26N4O2/c13-7-3-1-2-5-9-15-11(17)12(18)16-10-6-4-8-14/h1-10,13-14H2,(H,15,17)(H,16,18). The molecule has 2 amide bonds. The average Bonchev–Trinajstić information content (AvgIpc) is 2.38. The van der Waals surface area contributed by atoms with Crippen LogP contribution in [0.4, 0.5) is 0 Å². The van der Waals surface area contributed by atoms with E-state index in [0.29, 0.717) is 26.2 Å². The summed E-state index contributed by atoms with van der Waals surface area (Å²) < 4.78 is 0. The molecule has 0 bridgehead atoms. The maximum Gasteiger partial charge on any atom is 0.309 e. The first-order chi connectivity index (χ1) is 8.72. The number of unbranched alkanes of at least 4 members (excludes halogenated alkanes) is 4. The van der Waals surface area contributed by atoms with Gasteiger partial charge >= 0.3 is 11.8 Å². The van der Waals surface area contributed by atoms with Crippen LogP contribution in [0.15, 0.2) is 0 Å². The van der Waals surface area contributed by atoms with Crippen LogP contribution in [-0.2, 0) is 9.59 Å². The molecular formula is C12H26N4O2. The molecule has 0 aromatic heterocycles. The lowest BCUT2D eigenvalue weighted by atomic mass is 10.2. The second kappa shape index (κ2) is 12.3. The molecule has 0 aromatic rings. The second-order valence-corrected chi connectivity index (χ2v) is 4.21. The Hall–Kier alpha value is -1.14. The van der Waals surface area contributed by atoms with Crippen LogP contribution >= 0.6 is 0 Å². The van der Waals surface area contributed by atoms with E-state index in [0.717, 1.165) is 38.5 Å². The molecule has 0 unspecified atom stereocenters. The molecule has 0 saturated heterocycles. The Morgan fingerprint density at radius 3 is 1.56 bits per heavy atom. The van der Waals surface area contributed by atoms with Crippen molar-refractivity contribution in [1.29, 1.82) is 0 Å². The molecule has 6 heteroatoms. The third-order valence-corrected chi connectivity index (χ3v) is 2.54. The predicted molar refractivity (Wildman–Crippen MR) is 71.8 cm³/mol. The van der Waals surface area contributed by atoms with Gasteiger partial charge in [-0.25, -0.2) is 0 Å². The third kappa shape index (κ3) is 10.0. The summed E-state index contributed by atoms with van der Waals surface area (Å²) in [7, 11) is 0. The topological polar surface area (TPSA) is 110 Å². The highest BCUT2D eigenvalue weighted by atomic mass is 16.2. The van der Waals surface area contributed by atoms with Gasteiger partial charge in [-0.3, -0.25) is 9.59 Å². The van der Waals surface area contributed by atoms with Crippen molar-refractivity contribution in [1.82, 2.24) is 10.6 Å². The normalized spacial score (nSPS) is 10.1. The van der Waals surface area contributed by atoms with Crippen molar-refractivity contribution in [2.45, 2.75) is 38.5 Å². The highest BCUT2D eigenvalue weighted by Gasteiger charge is 2.11. The average molecular weight is 258 g/mol. The molecule has 0 aliphatic carbocycles. The Balaban J connectivity index is 3.41. The highest BCUT2D eigenvalue weighted by Crippen LogP contribution is 1.96. The number of nitrogens with two attached hydrogens (primary N) is 2. The van der Waals surface area contributed by atoms with Crippen LogP contribution in [0.1, 0.15) is 38.5 Å². The molecule has 0 saturated carbocycles. The van der Waals surface area contributed by atoms with Crippen molar-refractivity contribution in [3.63, 3.8) is 0 Å². The van der Waals surface area contributed by atoms with E-state index in [-0.39, 0.29) is 0 Å². The minimum absolute atomic E-state index is 0.500. The van der Waals surface area contributed by atoms with Gasteiger partial charge < -0.3 is 22.1 Å². The Labute approximate surface area is 109 Å². The van der Waals surface area contributed by atoms with Crippen LogP contribution in [0.25, 0.3) is 0 Å². The molecule has 0 spiro atoms. The summed E-state index contributed by atoms with van der Waals surface area (Å²) in [5, 5.41) is 5.15. The van der Waals surface area contributed by atoms with Crippen LogP contribution in [0, 0.1) is 0 Å². The fourth-order valence-electron chi connectivity index (χ4n) is 1.46. The SMILES string of the molecule is NCCCCCCNC(=O)C(=O)NCCCCN. The van der Waals surface area contributed by atoms with E-state index < -0.39 is 11.8 Å². The number of hydrogen-bond donors (Lipinski definition) is 4. The van der Waals surface area contributed by atoms with Gasteiger partial charge in [0.25, 0.3) is 0 Å². The Morgan fingerprint density at radius 1 is 0.667 bits per heavy atom. The van der Waals surface area contributed by atoms with Crippen LogP contribution in [0.2, 0.25) is 0 Å². The Bertz CT molecular complexity index is 234. The molecular weight excluding hydrogens is 232 g/mol. The van der Waals surface area contributed by atoms with Gasteiger partial charge in [0.1, 0.15) is 0 Å². The molecule has 18 heavy (non-hydrogen) atoms. The van der Waals surface area contributed by atoms with Gasteiger partial charge in [-0.1, -0.05) is 12.8 Å². The van der Waals surface area contributed by atoms with E-state index >= 15 is 0 Å². The second-order valence-electron chi connectivity index (χ2n) is 4.21. The molecule has 0 radical (unpaired) electrons. The molecule has 0 atom stereocenters. The molecule has 106 valence electrons. The number of amides is 2. The molecule has 6 N–H and O–H groups in total. The number of rotatable bonds is 10. The maximum absolute atomic E-state index is 11.3. The summed E-state index contributed by atoms with van der Waals surface area (Å²) in [6.07, 6.45) is 5.63. The molecule has 0 rings (SSSR count). The van der Waals surface area contributed by atoms with E-state index in [2.05, 4.69) is 10.6 Å². The van der Waals surface area contributed by atoms with Gasteiger partial charge in [-0.15, -0.1) is 0 Å². The zero-order chi connectivity index (χ0) is 13.6. The van der Waals surface area contributed by atoms with Crippen molar-refractivity contribution in [3.8, 4) is 0 Å². The van der Waals surface area contributed by atoms with E-state index in [1.54, 1.807) is 0 Å². The minimum atomic E-state index is -0.561. The van der Waals surface area contributed by atoms with Gasteiger partial charge in [-0.2, -0.15) is 0 Å². The maximum atomic E-state index is 11.3. The van der Waals surface area contributed by atoms with Crippen molar-refractivity contribution in [3.05, 3.63) is 0 Å². The van der Waals surface area contributed by atoms with Gasteiger partial charge in [0.05, 0.1) is 0 Å². The monoisotopic (exact) mass is 258 g/mol. The first kappa shape index (κ1) is 16.9. The molecule has 6 nitrogen and oxygen atoms in total. The summed E-state index contributed by atoms with van der Waals surface area (Å²) in [5.74, 6) is -1.12. The first-order valence-corrected chi connectivity index (χ1v) is 6.68. The zero-order valence-corrected chi connectivity index (χ0v) is 11.0. The van der Waals surface area contributed by atoms with Crippen molar-refractivity contribution >= 4 is 11.8 Å². The summed E-state index contributed by atoms with van der Waals surface area (Å²) in [6.45, 7) is 2.35. The zero-order valence-electron chi connectivity index (χ0n) is 11.0. The number of hydrogen-bond acceptors (Lipinski definition) is 4. The van der Waals surface area contributed by atoms with Gasteiger partial charge in [0.2, 0.25) is 0 Å². The van der Waals surface area contributed by atoms with Gasteiger partial charge in [-0.05, 0) is 38.8 Å². The summed E-state index contributed by atoms with van der Waals surface area (Å²) in [6, 6.07) is 0. The van der Waals surface area contributed by atoms with Crippen LogP contribution in [0.5, 0.6) is 0 Å². The fourth-order valence-corrected chi connectivity index (χ4v) is 1.46. The van der Waals surface area contributed by atoms with Crippen molar-refractivity contribution in [2.24, 2.45) is 11.5 Å². The third-order valence-electron chi connectivity index (χ3n) is 2.54. The first-order valence-electron chi connectivity index (χ1n) is 6.68. The smallest absolute Gasteiger partial charge is 0.309 e. The van der Waals surface area contributed by atoms with E-state index in [4.69, 9.17) is 11.5 Å². The van der Waals surface area contributed by atoms with E-state index in [9.17, 15) is 9.59 Å². The Morgan fingerprint density at radius 2 is 1.06 bits per heavy atom. The molecule has 0 fully saturated rings. The quantitative estimate of drug-likeness (QED) is 0.312.